The van der Waals surface area contributed by atoms with Crippen LogP contribution in [0.2, 0.25) is 0 Å². The van der Waals surface area contributed by atoms with E-state index in [0.29, 0.717) is 18.2 Å². The molecule has 0 aliphatic heterocycles. The number of rotatable bonds is 4. The van der Waals surface area contributed by atoms with Crippen LogP contribution in [0.4, 0.5) is 0 Å². The zero-order valence-corrected chi connectivity index (χ0v) is 7.62. The maximum absolute atomic E-state index is 11.3. The Morgan fingerprint density at radius 1 is 1.62 bits per heavy atom. The minimum absolute atomic E-state index is 0.0156. The topological polar surface area (TPSA) is 56.0 Å². The Labute approximate surface area is 76.3 Å². The van der Waals surface area contributed by atoms with Gasteiger partial charge < -0.3 is 4.52 Å². The van der Waals surface area contributed by atoms with E-state index in [1.54, 1.807) is 0 Å². The second kappa shape index (κ2) is 3.28. The highest BCUT2D eigenvalue weighted by Crippen LogP contribution is 2.38. The molecule has 0 bridgehead atoms. The maximum atomic E-state index is 11.3. The Hall–Kier alpha value is -1.19. The van der Waals surface area contributed by atoms with Gasteiger partial charge in [-0.15, -0.1) is 0 Å². The van der Waals surface area contributed by atoms with Crippen molar-refractivity contribution in [1.82, 2.24) is 10.1 Å². The van der Waals surface area contributed by atoms with Gasteiger partial charge in [0.25, 0.3) is 0 Å². The Morgan fingerprint density at radius 2 is 2.38 bits per heavy atom. The molecule has 13 heavy (non-hydrogen) atoms. The molecule has 1 heterocycles. The Morgan fingerprint density at radius 3 is 3.00 bits per heavy atom. The molecule has 0 saturated heterocycles. The van der Waals surface area contributed by atoms with Gasteiger partial charge in [0.15, 0.2) is 0 Å². The summed E-state index contributed by atoms with van der Waals surface area (Å²) in [4.78, 5) is 15.4. The third kappa shape index (κ3) is 1.76. The van der Waals surface area contributed by atoms with Crippen molar-refractivity contribution in [3.05, 3.63) is 11.7 Å². The smallest absolute Gasteiger partial charge is 0.238 e. The summed E-state index contributed by atoms with van der Waals surface area (Å²) in [6, 6.07) is 0. The van der Waals surface area contributed by atoms with E-state index in [1.807, 2.05) is 6.92 Å². The molecule has 4 heteroatoms. The summed E-state index contributed by atoms with van der Waals surface area (Å²) in [5, 5.41) is 3.66. The van der Waals surface area contributed by atoms with E-state index in [-0.39, 0.29) is 11.6 Å². The summed E-state index contributed by atoms with van der Waals surface area (Å²) in [5.74, 6) is 1.30. The van der Waals surface area contributed by atoms with Gasteiger partial charge in [-0.2, -0.15) is 4.98 Å². The van der Waals surface area contributed by atoms with E-state index >= 15 is 0 Å². The van der Waals surface area contributed by atoms with Crippen LogP contribution in [0.1, 0.15) is 55.0 Å². The zero-order chi connectivity index (χ0) is 9.26. The molecule has 0 N–H and O–H groups in total. The van der Waals surface area contributed by atoms with Gasteiger partial charge in [0.2, 0.25) is 17.5 Å². The van der Waals surface area contributed by atoms with Gasteiger partial charge in [0, 0.05) is 12.3 Å². The molecule has 2 rings (SSSR count). The quantitative estimate of drug-likeness (QED) is 0.664. The molecule has 0 radical (unpaired) electrons. The standard InChI is InChI=1S/C9H12N2O2/c1-2-3-7(12)8-10-9(13-11-8)6-4-5-6/h6H,2-5H2,1H3. The predicted octanol–water partition coefficient (Wildman–Crippen LogP) is 1.93. The van der Waals surface area contributed by atoms with Gasteiger partial charge >= 0.3 is 0 Å². The third-order valence-electron chi connectivity index (χ3n) is 2.09. The average molecular weight is 180 g/mol. The van der Waals surface area contributed by atoms with Crippen LogP contribution < -0.4 is 0 Å². The lowest BCUT2D eigenvalue weighted by molar-refractivity contribution is 0.0969. The minimum Gasteiger partial charge on any atom is -0.339 e. The van der Waals surface area contributed by atoms with Crippen LogP contribution >= 0.6 is 0 Å². The monoisotopic (exact) mass is 180 g/mol. The fourth-order valence-corrected chi connectivity index (χ4v) is 1.18. The Balaban J connectivity index is 2.07. The first-order valence-electron chi connectivity index (χ1n) is 4.68. The van der Waals surface area contributed by atoms with Crippen molar-refractivity contribution in [1.29, 1.82) is 0 Å². The van der Waals surface area contributed by atoms with Crippen LogP contribution in [0.25, 0.3) is 0 Å². The predicted molar refractivity (Wildman–Crippen MR) is 45.5 cm³/mol. The SMILES string of the molecule is CCCC(=O)c1noc(C2CC2)n1. The van der Waals surface area contributed by atoms with Gasteiger partial charge in [-0.1, -0.05) is 12.1 Å². The lowest BCUT2D eigenvalue weighted by Gasteiger charge is -1.87. The van der Waals surface area contributed by atoms with E-state index in [0.717, 1.165) is 19.3 Å². The van der Waals surface area contributed by atoms with Gasteiger partial charge in [-0.3, -0.25) is 4.79 Å². The van der Waals surface area contributed by atoms with E-state index in [9.17, 15) is 4.79 Å². The van der Waals surface area contributed by atoms with Gasteiger partial charge in [-0.25, -0.2) is 0 Å². The number of ketones is 1. The minimum atomic E-state index is -0.0156. The molecule has 0 amide bonds. The van der Waals surface area contributed by atoms with Crippen LogP contribution in [0.3, 0.4) is 0 Å². The summed E-state index contributed by atoms with van der Waals surface area (Å²) in [6.07, 6.45) is 3.56. The average Bonchev–Trinajstić information content (AvgIpc) is 2.84. The molecular formula is C9H12N2O2. The first kappa shape index (κ1) is 8.41. The molecule has 0 atom stereocenters. The van der Waals surface area contributed by atoms with Crippen LogP contribution in [0.15, 0.2) is 4.52 Å². The van der Waals surface area contributed by atoms with Crippen molar-refractivity contribution in [3.8, 4) is 0 Å². The fraction of sp³-hybridized carbons (Fsp3) is 0.667. The second-order valence-corrected chi connectivity index (χ2v) is 3.40. The molecule has 0 unspecified atom stereocenters. The number of nitrogens with zero attached hydrogens (tertiary/aromatic N) is 2. The van der Waals surface area contributed by atoms with Gasteiger partial charge in [0.05, 0.1) is 0 Å². The summed E-state index contributed by atoms with van der Waals surface area (Å²) in [6.45, 7) is 1.96. The van der Waals surface area contributed by atoms with Crippen molar-refractivity contribution in [3.63, 3.8) is 0 Å². The first-order valence-corrected chi connectivity index (χ1v) is 4.68. The largest absolute Gasteiger partial charge is 0.339 e. The van der Waals surface area contributed by atoms with Crippen LogP contribution in [0, 0.1) is 0 Å². The summed E-state index contributed by atoms with van der Waals surface area (Å²) in [5.41, 5.74) is 0. The highest BCUT2D eigenvalue weighted by atomic mass is 16.5. The Bertz CT molecular complexity index is 315. The molecule has 1 fully saturated rings. The van der Waals surface area contributed by atoms with E-state index in [2.05, 4.69) is 10.1 Å². The second-order valence-electron chi connectivity index (χ2n) is 3.40. The zero-order valence-electron chi connectivity index (χ0n) is 7.62. The van der Waals surface area contributed by atoms with Crippen molar-refractivity contribution < 1.29 is 9.32 Å². The molecule has 1 saturated carbocycles. The summed E-state index contributed by atoms with van der Waals surface area (Å²) in [7, 11) is 0. The van der Waals surface area contributed by atoms with Gasteiger partial charge in [0.1, 0.15) is 0 Å². The number of carbonyl (C=O) groups is 1. The van der Waals surface area contributed by atoms with E-state index in [4.69, 9.17) is 4.52 Å². The molecule has 1 aliphatic rings. The first-order chi connectivity index (χ1) is 6.31. The highest BCUT2D eigenvalue weighted by molar-refractivity contribution is 5.92. The molecule has 0 aromatic carbocycles. The number of hydrogen-bond donors (Lipinski definition) is 0. The summed E-state index contributed by atoms with van der Waals surface area (Å²) < 4.78 is 4.97. The molecule has 70 valence electrons. The Kier molecular flexibility index (Phi) is 2.12. The number of Topliss-reactive ketones (excluding diaryl/α,β-unsaturated/α-hetero) is 1. The van der Waals surface area contributed by atoms with Crippen LogP contribution in [-0.2, 0) is 0 Å². The molecular weight excluding hydrogens is 168 g/mol. The third-order valence-corrected chi connectivity index (χ3v) is 2.09. The van der Waals surface area contributed by atoms with Crippen LogP contribution in [-0.4, -0.2) is 15.9 Å². The highest BCUT2D eigenvalue weighted by Gasteiger charge is 2.30. The van der Waals surface area contributed by atoms with Crippen molar-refractivity contribution in [2.24, 2.45) is 0 Å². The molecule has 0 spiro atoms. The van der Waals surface area contributed by atoms with Gasteiger partial charge in [-0.05, 0) is 19.3 Å². The van der Waals surface area contributed by atoms with E-state index < -0.39 is 0 Å². The maximum Gasteiger partial charge on any atom is 0.238 e. The molecule has 1 aromatic heterocycles. The summed E-state index contributed by atoms with van der Waals surface area (Å²) >= 11 is 0. The lowest BCUT2D eigenvalue weighted by atomic mass is 10.2. The number of carbonyl (C=O) groups excluding carboxylic acids is 1. The van der Waals surface area contributed by atoms with Crippen molar-refractivity contribution >= 4 is 5.78 Å². The lowest BCUT2D eigenvalue weighted by Crippen LogP contribution is -2.00. The molecule has 4 nitrogen and oxygen atoms in total. The van der Waals surface area contributed by atoms with E-state index in [1.165, 1.54) is 0 Å². The molecule has 1 aromatic rings. The van der Waals surface area contributed by atoms with Crippen molar-refractivity contribution in [2.75, 3.05) is 0 Å². The molecule has 1 aliphatic carbocycles. The van der Waals surface area contributed by atoms with Crippen LogP contribution in [0.5, 0.6) is 0 Å². The fourth-order valence-electron chi connectivity index (χ4n) is 1.18. The number of hydrogen-bond acceptors (Lipinski definition) is 4. The normalized spacial score (nSPS) is 16.1. The van der Waals surface area contributed by atoms with Crippen molar-refractivity contribution in [2.45, 2.75) is 38.5 Å². The number of aromatic nitrogens is 2.